The summed E-state index contributed by atoms with van der Waals surface area (Å²) in [6.45, 7) is 14.1. The molecule has 1 aromatic rings. The van der Waals surface area contributed by atoms with Gasteiger partial charge in [-0.2, -0.15) is 0 Å². The summed E-state index contributed by atoms with van der Waals surface area (Å²) in [5.74, 6) is 0.744. The van der Waals surface area contributed by atoms with Gasteiger partial charge >= 0.3 is 0 Å². The third-order valence-corrected chi connectivity index (χ3v) is 4.72. The SMILES string of the molecule is Cc1ccc(C)c(C(O)CN2CCC(C(C)(C)C)C2)c1. The molecule has 0 bridgehead atoms. The van der Waals surface area contributed by atoms with Gasteiger partial charge in [0.1, 0.15) is 0 Å². The predicted molar refractivity (Wildman–Crippen MR) is 84.9 cm³/mol. The summed E-state index contributed by atoms with van der Waals surface area (Å²) in [4.78, 5) is 2.42. The van der Waals surface area contributed by atoms with E-state index in [0.717, 1.165) is 31.1 Å². The molecular weight excluding hydrogens is 246 g/mol. The van der Waals surface area contributed by atoms with E-state index in [1.165, 1.54) is 17.5 Å². The number of likely N-dealkylation sites (tertiary alicyclic amines) is 1. The second kappa shape index (κ2) is 5.87. The molecule has 1 fully saturated rings. The van der Waals surface area contributed by atoms with Crippen LogP contribution < -0.4 is 0 Å². The van der Waals surface area contributed by atoms with Crippen molar-refractivity contribution >= 4 is 0 Å². The Morgan fingerprint density at radius 1 is 1.30 bits per heavy atom. The van der Waals surface area contributed by atoms with Gasteiger partial charge in [-0.3, -0.25) is 0 Å². The fraction of sp³-hybridized carbons (Fsp3) is 0.667. The minimum absolute atomic E-state index is 0.367. The van der Waals surface area contributed by atoms with Crippen molar-refractivity contribution < 1.29 is 5.11 Å². The number of benzene rings is 1. The van der Waals surface area contributed by atoms with Gasteiger partial charge in [-0.25, -0.2) is 0 Å². The summed E-state index contributed by atoms with van der Waals surface area (Å²) in [5.41, 5.74) is 3.87. The number of aliphatic hydroxyl groups excluding tert-OH is 1. The van der Waals surface area contributed by atoms with Gasteiger partial charge in [0.15, 0.2) is 0 Å². The Hall–Kier alpha value is -0.860. The number of hydrogen-bond acceptors (Lipinski definition) is 2. The molecule has 20 heavy (non-hydrogen) atoms. The zero-order chi connectivity index (χ0) is 14.9. The van der Waals surface area contributed by atoms with Crippen molar-refractivity contribution in [2.24, 2.45) is 11.3 Å². The van der Waals surface area contributed by atoms with Crippen LogP contribution in [-0.4, -0.2) is 29.6 Å². The third kappa shape index (κ3) is 3.62. The molecule has 2 rings (SSSR count). The summed E-state index contributed by atoms with van der Waals surface area (Å²) < 4.78 is 0. The van der Waals surface area contributed by atoms with Crippen LogP contribution in [0.25, 0.3) is 0 Å². The van der Waals surface area contributed by atoms with Gasteiger partial charge < -0.3 is 10.0 Å². The monoisotopic (exact) mass is 275 g/mol. The lowest BCUT2D eigenvalue weighted by Crippen LogP contribution is -2.29. The first-order chi connectivity index (χ1) is 9.27. The van der Waals surface area contributed by atoms with Crippen molar-refractivity contribution in [2.75, 3.05) is 19.6 Å². The zero-order valence-corrected chi connectivity index (χ0v) is 13.6. The highest BCUT2D eigenvalue weighted by molar-refractivity contribution is 5.32. The first-order valence-corrected chi connectivity index (χ1v) is 7.75. The number of hydrogen-bond donors (Lipinski definition) is 1. The molecule has 1 aliphatic heterocycles. The standard InChI is InChI=1S/C18H29NO/c1-13-6-7-14(2)16(10-13)17(20)12-19-9-8-15(11-19)18(3,4)5/h6-7,10,15,17,20H,8-9,11-12H2,1-5H3. The second-order valence-electron chi connectivity index (χ2n) is 7.49. The highest BCUT2D eigenvalue weighted by Crippen LogP contribution is 2.34. The average molecular weight is 275 g/mol. The largest absolute Gasteiger partial charge is 0.387 e. The molecule has 2 nitrogen and oxygen atoms in total. The molecule has 0 radical (unpaired) electrons. The predicted octanol–water partition coefficient (Wildman–Crippen LogP) is 3.70. The Morgan fingerprint density at radius 3 is 2.60 bits per heavy atom. The van der Waals surface area contributed by atoms with Crippen LogP contribution in [0.1, 0.15) is 50.0 Å². The van der Waals surface area contributed by atoms with Gasteiger partial charge in [0.2, 0.25) is 0 Å². The van der Waals surface area contributed by atoms with Crippen molar-refractivity contribution in [1.29, 1.82) is 0 Å². The van der Waals surface area contributed by atoms with E-state index >= 15 is 0 Å². The molecular formula is C18H29NO. The van der Waals surface area contributed by atoms with E-state index in [9.17, 15) is 5.11 Å². The van der Waals surface area contributed by atoms with Crippen molar-refractivity contribution in [3.8, 4) is 0 Å². The lowest BCUT2D eigenvalue weighted by atomic mass is 9.80. The Morgan fingerprint density at radius 2 is 2.00 bits per heavy atom. The zero-order valence-electron chi connectivity index (χ0n) is 13.6. The quantitative estimate of drug-likeness (QED) is 0.909. The van der Waals surface area contributed by atoms with E-state index in [4.69, 9.17) is 0 Å². The van der Waals surface area contributed by atoms with Crippen LogP contribution in [0.2, 0.25) is 0 Å². The third-order valence-electron chi connectivity index (χ3n) is 4.72. The Labute approximate surface area is 123 Å². The topological polar surface area (TPSA) is 23.5 Å². The molecule has 1 aliphatic rings. The summed E-state index contributed by atoms with van der Waals surface area (Å²) in [6, 6.07) is 6.34. The molecule has 1 aromatic carbocycles. The summed E-state index contributed by atoms with van der Waals surface area (Å²) in [6.07, 6.45) is 0.886. The molecule has 1 heterocycles. The number of nitrogens with zero attached hydrogens (tertiary/aromatic N) is 1. The van der Waals surface area contributed by atoms with Crippen LogP contribution >= 0.6 is 0 Å². The van der Waals surface area contributed by atoms with E-state index < -0.39 is 0 Å². The normalized spacial score (nSPS) is 22.2. The lowest BCUT2D eigenvalue weighted by Gasteiger charge is -2.28. The Balaban J connectivity index is 1.99. The summed E-state index contributed by atoms with van der Waals surface area (Å²) in [5, 5.41) is 10.5. The summed E-state index contributed by atoms with van der Waals surface area (Å²) in [7, 11) is 0. The van der Waals surface area contributed by atoms with E-state index in [1.54, 1.807) is 0 Å². The van der Waals surface area contributed by atoms with Gasteiger partial charge in [0.25, 0.3) is 0 Å². The van der Waals surface area contributed by atoms with Crippen LogP contribution in [0, 0.1) is 25.2 Å². The number of rotatable bonds is 3. The average Bonchev–Trinajstić information content (AvgIpc) is 2.80. The van der Waals surface area contributed by atoms with Crippen molar-refractivity contribution in [3.63, 3.8) is 0 Å². The fourth-order valence-electron chi connectivity index (χ4n) is 3.17. The summed E-state index contributed by atoms with van der Waals surface area (Å²) >= 11 is 0. The molecule has 2 unspecified atom stereocenters. The lowest BCUT2D eigenvalue weighted by molar-refractivity contribution is 0.118. The number of aryl methyl sites for hydroxylation is 2. The molecule has 1 N–H and O–H groups in total. The molecule has 0 aromatic heterocycles. The van der Waals surface area contributed by atoms with Crippen LogP contribution in [0.5, 0.6) is 0 Å². The van der Waals surface area contributed by atoms with Gasteiger partial charge in [-0.1, -0.05) is 44.5 Å². The van der Waals surface area contributed by atoms with Gasteiger partial charge in [-0.05, 0) is 49.3 Å². The maximum absolute atomic E-state index is 10.5. The maximum Gasteiger partial charge on any atom is 0.0919 e. The molecule has 1 saturated heterocycles. The van der Waals surface area contributed by atoms with Gasteiger partial charge in [0.05, 0.1) is 6.10 Å². The maximum atomic E-state index is 10.5. The molecule has 0 saturated carbocycles. The van der Waals surface area contributed by atoms with Crippen LogP contribution in [0.3, 0.4) is 0 Å². The van der Waals surface area contributed by atoms with E-state index in [-0.39, 0.29) is 6.10 Å². The minimum Gasteiger partial charge on any atom is -0.387 e. The fourth-order valence-corrected chi connectivity index (χ4v) is 3.17. The smallest absolute Gasteiger partial charge is 0.0919 e. The van der Waals surface area contributed by atoms with Crippen LogP contribution in [0.15, 0.2) is 18.2 Å². The molecule has 2 atom stereocenters. The molecule has 0 spiro atoms. The first kappa shape index (κ1) is 15.5. The van der Waals surface area contributed by atoms with Crippen molar-refractivity contribution in [3.05, 3.63) is 34.9 Å². The number of β-amino-alcohol motifs (C(OH)–C–C–N with tert-alkyl or cyclic N) is 1. The van der Waals surface area contributed by atoms with E-state index in [1.807, 2.05) is 0 Å². The molecule has 0 amide bonds. The molecule has 2 heteroatoms. The molecule has 0 aliphatic carbocycles. The second-order valence-corrected chi connectivity index (χ2v) is 7.49. The highest BCUT2D eigenvalue weighted by Gasteiger charge is 2.32. The van der Waals surface area contributed by atoms with Crippen LogP contribution in [-0.2, 0) is 0 Å². The van der Waals surface area contributed by atoms with Crippen molar-refractivity contribution in [1.82, 2.24) is 4.90 Å². The Kier molecular flexibility index (Phi) is 4.55. The highest BCUT2D eigenvalue weighted by atomic mass is 16.3. The number of aliphatic hydroxyl groups is 1. The molecule has 112 valence electrons. The van der Waals surface area contributed by atoms with Crippen LogP contribution in [0.4, 0.5) is 0 Å². The van der Waals surface area contributed by atoms with Crippen molar-refractivity contribution in [2.45, 2.75) is 47.1 Å². The minimum atomic E-state index is -0.367. The Bertz CT molecular complexity index is 461. The van der Waals surface area contributed by atoms with E-state index in [2.05, 4.69) is 57.7 Å². The van der Waals surface area contributed by atoms with Gasteiger partial charge in [-0.15, -0.1) is 0 Å². The van der Waals surface area contributed by atoms with E-state index in [0.29, 0.717) is 5.41 Å². The van der Waals surface area contributed by atoms with Gasteiger partial charge in [0, 0.05) is 13.1 Å². The first-order valence-electron chi connectivity index (χ1n) is 7.75.